The first kappa shape index (κ1) is 7.35. The largest absolute Gasteiger partial charge is 0.466 e. The average Bonchev–Trinajstić information content (AvgIpc) is 2.55. The summed E-state index contributed by atoms with van der Waals surface area (Å²) >= 11 is 4.90. The lowest BCUT2D eigenvalue weighted by atomic mass is 10.0. The van der Waals surface area contributed by atoms with Crippen LogP contribution in [0.1, 0.15) is 25.7 Å². The molecule has 1 saturated heterocycles. The zero-order chi connectivity index (χ0) is 7.68. The van der Waals surface area contributed by atoms with Gasteiger partial charge >= 0.3 is 0 Å². The highest BCUT2D eigenvalue weighted by atomic mass is 32.1. The Morgan fingerprint density at radius 3 is 2.64 bits per heavy atom. The van der Waals surface area contributed by atoms with Gasteiger partial charge in [0.25, 0.3) is 5.17 Å². The summed E-state index contributed by atoms with van der Waals surface area (Å²) in [6.45, 7) is 0.934. The van der Waals surface area contributed by atoms with E-state index < -0.39 is 0 Å². The molecule has 0 aromatic rings. The lowest BCUT2D eigenvalue weighted by Crippen LogP contribution is -2.22. The minimum Gasteiger partial charge on any atom is -0.466 e. The molecule has 2 nitrogen and oxygen atoms in total. The molecule has 3 heteroatoms. The number of ether oxygens (including phenoxy) is 1. The Morgan fingerprint density at radius 2 is 2.09 bits per heavy atom. The van der Waals surface area contributed by atoms with Gasteiger partial charge in [-0.2, -0.15) is 0 Å². The number of rotatable bonds is 1. The first-order chi connectivity index (χ1) is 5.36. The molecule has 1 aliphatic carbocycles. The molecule has 0 aromatic carbocycles. The van der Waals surface area contributed by atoms with Gasteiger partial charge in [0.05, 0.1) is 6.54 Å². The molecule has 0 aromatic heterocycles. The van der Waals surface area contributed by atoms with E-state index in [-0.39, 0.29) is 0 Å². The molecule has 0 radical (unpaired) electrons. The number of nitrogens with one attached hydrogen (secondary N) is 1. The van der Waals surface area contributed by atoms with Crippen LogP contribution in [0.3, 0.4) is 0 Å². The summed E-state index contributed by atoms with van der Waals surface area (Å²) in [6.07, 6.45) is 5.78. The van der Waals surface area contributed by atoms with E-state index in [0.717, 1.165) is 12.5 Å². The first-order valence-electron chi connectivity index (χ1n) is 4.31. The van der Waals surface area contributed by atoms with Crippen LogP contribution >= 0.6 is 12.2 Å². The zero-order valence-electron chi connectivity index (χ0n) is 6.51. The highest BCUT2D eigenvalue weighted by molar-refractivity contribution is 7.80. The molecule has 0 spiro atoms. The monoisotopic (exact) mass is 171 g/mol. The molecule has 2 rings (SSSR count). The molecule has 1 heterocycles. The van der Waals surface area contributed by atoms with Gasteiger partial charge in [-0.1, -0.05) is 12.8 Å². The van der Waals surface area contributed by atoms with E-state index in [4.69, 9.17) is 17.0 Å². The van der Waals surface area contributed by atoms with Gasteiger partial charge in [0.15, 0.2) is 0 Å². The maximum absolute atomic E-state index is 5.47. The van der Waals surface area contributed by atoms with Gasteiger partial charge in [-0.15, -0.1) is 0 Å². The van der Waals surface area contributed by atoms with Gasteiger partial charge in [0, 0.05) is 0 Å². The van der Waals surface area contributed by atoms with Crippen molar-refractivity contribution in [1.82, 2.24) is 5.32 Å². The van der Waals surface area contributed by atoms with Crippen LogP contribution in [0, 0.1) is 5.92 Å². The summed E-state index contributed by atoms with van der Waals surface area (Å²) < 4.78 is 5.47. The highest BCUT2D eigenvalue weighted by Gasteiger charge is 2.30. The minimum absolute atomic E-state index is 0.380. The lowest BCUT2D eigenvalue weighted by molar-refractivity contribution is 0.163. The molecular formula is C8H13NOS. The van der Waals surface area contributed by atoms with Crippen molar-refractivity contribution < 1.29 is 4.74 Å². The third kappa shape index (κ3) is 1.48. The maximum Gasteiger partial charge on any atom is 0.257 e. The van der Waals surface area contributed by atoms with Crippen LogP contribution in [-0.2, 0) is 4.74 Å². The standard InChI is InChI=1S/C8H13NOS/c11-8-9-5-7(10-8)6-3-1-2-4-6/h6-7H,1-5H2,(H,9,11). The first-order valence-corrected chi connectivity index (χ1v) is 4.71. The summed E-state index contributed by atoms with van der Waals surface area (Å²) in [4.78, 5) is 0. The van der Waals surface area contributed by atoms with E-state index in [9.17, 15) is 0 Å². The Labute approximate surface area is 72.3 Å². The third-order valence-electron chi connectivity index (χ3n) is 2.63. The van der Waals surface area contributed by atoms with Gasteiger partial charge in [-0.05, 0) is 31.0 Å². The molecule has 2 aliphatic rings. The summed E-state index contributed by atoms with van der Waals surface area (Å²) in [6, 6.07) is 0. The van der Waals surface area contributed by atoms with E-state index in [2.05, 4.69) is 5.32 Å². The molecule has 62 valence electrons. The Kier molecular flexibility index (Phi) is 1.98. The van der Waals surface area contributed by atoms with Gasteiger partial charge < -0.3 is 10.1 Å². The molecule has 1 atom stereocenters. The van der Waals surface area contributed by atoms with E-state index >= 15 is 0 Å². The van der Waals surface area contributed by atoms with Crippen molar-refractivity contribution in [3.8, 4) is 0 Å². The van der Waals surface area contributed by atoms with Crippen molar-refractivity contribution >= 4 is 17.4 Å². The van der Waals surface area contributed by atoms with E-state index in [1.807, 2.05) is 0 Å². The molecule has 1 saturated carbocycles. The quantitative estimate of drug-likeness (QED) is 0.603. The third-order valence-corrected chi connectivity index (χ3v) is 2.87. The van der Waals surface area contributed by atoms with Crippen molar-refractivity contribution in [2.45, 2.75) is 31.8 Å². The van der Waals surface area contributed by atoms with Gasteiger partial charge in [0.2, 0.25) is 0 Å². The van der Waals surface area contributed by atoms with Crippen LogP contribution in [0.2, 0.25) is 0 Å². The van der Waals surface area contributed by atoms with Crippen LogP contribution < -0.4 is 5.32 Å². The fraction of sp³-hybridized carbons (Fsp3) is 0.875. The van der Waals surface area contributed by atoms with Crippen LogP contribution in [0.5, 0.6) is 0 Å². The maximum atomic E-state index is 5.47. The number of hydrogen-bond donors (Lipinski definition) is 1. The second-order valence-corrected chi connectivity index (χ2v) is 3.74. The molecule has 1 aliphatic heterocycles. The molecule has 1 N–H and O–H groups in total. The van der Waals surface area contributed by atoms with Crippen LogP contribution in [0.25, 0.3) is 0 Å². The number of hydrogen-bond acceptors (Lipinski definition) is 2. The number of thiocarbonyl (C=S) groups is 1. The van der Waals surface area contributed by atoms with E-state index in [1.54, 1.807) is 0 Å². The van der Waals surface area contributed by atoms with Gasteiger partial charge in [-0.3, -0.25) is 0 Å². The molecule has 2 fully saturated rings. The normalized spacial score (nSPS) is 32.0. The van der Waals surface area contributed by atoms with Crippen molar-refractivity contribution in [3.63, 3.8) is 0 Å². The Hall–Kier alpha value is -0.310. The fourth-order valence-electron chi connectivity index (χ4n) is 2.00. The second kappa shape index (κ2) is 2.97. The second-order valence-electron chi connectivity index (χ2n) is 3.37. The summed E-state index contributed by atoms with van der Waals surface area (Å²) in [7, 11) is 0. The Balaban J connectivity index is 1.90. The van der Waals surface area contributed by atoms with Crippen molar-refractivity contribution in [3.05, 3.63) is 0 Å². The lowest BCUT2D eigenvalue weighted by Gasteiger charge is -2.14. The summed E-state index contributed by atoms with van der Waals surface area (Å²) in [5.41, 5.74) is 0. The SMILES string of the molecule is S=C1NCC(C2CCCC2)O1. The predicted octanol–water partition coefficient (Wildman–Crippen LogP) is 1.45. The smallest absolute Gasteiger partial charge is 0.257 e. The van der Waals surface area contributed by atoms with Crippen LogP contribution in [0.15, 0.2) is 0 Å². The van der Waals surface area contributed by atoms with Crippen molar-refractivity contribution in [2.75, 3.05) is 6.54 Å². The molecule has 1 unspecified atom stereocenters. The van der Waals surface area contributed by atoms with Crippen LogP contribution in [-0.4, -0.2) is 17.8 Å². The predicted molar refractivity (Wildman–Crippen MR) is 47.4 cm³/mol. The molecule has 0 amide bonds. The van der Waals surface area contributed by atoms with Crippen LogP contribution in [0.4, 0.5) is 0 Å². The molecular weight excluding hydrogens is 158 g/mol. The Bertz CT molecular complexity index is 165. The van der Waals surface area contributed by atoms with Crippen molar-refractivity contribution in [1.29, 1.82) is 0 Å². The van der Waals surface area contributed by atoms with E-state index in [0.29, 0.717) is 11.3 Å². The minimum atomic E-state index is 0.380. The van der Waals surface area contributed by atoms with E-state index in [1.165, 1.54) is 25.7 Å². The van der Waals surface area contributed by atoms with Gasteiger partial charge in [0.1, 0.15) is 6.10 Å². The average molecular weight is 171 g/mol. The summed E-state index contributed by atoms with van der Waals surface area (Å²) in [5.74, 6) is 0.767. The molecule has 11 heavy (non-hydrogen) atoms. The fourth-order valence-corrected chi connectivity index (χ4v) is 2.20. The zero-order valence-corrected chi connectivity index (χ0v) is 7.32. The Morgan fingerprint density at radius 1 is 1.36 bits per heavy atom. The molecule has 0 bridgehead atoms. The van der Waals surface area contributed by atoms with Crippen molar-refractivity contribution in [2.24, 2.45) is 5.92 Å². The summed E-state index contributed by atoms with van der Waals surface area (Å²) in [5, 5.41) is 3.65. The highest BCUT2D eigenvalue weighted by Crippen LogP contribution is 2.30. The van der Waals surface area contributed by atoms with Gasteiger partial charge in [-0.25, -0.2) is 0 Å². The topological polar surface area (TPSA) is 21.3 Å².